The zero-order valence-corrected chi connectivity index (χ0v) is 11.5. The molecule has 0 aliphatic carbocycles. The molecular weight excluding hydrogens is 220 g/mol. The number of hydrogen-bond donors (Lipinski definition) is 1. The van der Waals surface area contributed by atoms with Crippen LogP contribution in [0.1, 0.15) is 44.3 Å². The number of rotatable bonds is 4. The fourth-order valence-electron chi connectivity index (χ4n) is 1.29. The van der Waals surface area contributed by atoms with E-state index in [9.17, 15) is 0 Å². The lowest BCUT2D eigenvalue weighted by molar-refractivity contribution is 0.665. The highest BCUT2D eigenvalue weighted by Gasteiger charge is 2.01. The Morgan fingerprint density at radius 1 is 1.31 bits per heavy atom. The lowest BCUT2D eigenvalue weighted by Gasteiger charge is -2.04. The predicted octanol–water partition coefficient (Wildman–Crippen LogP) is 3.51. The predicted molar refractivity (Wildman–Crippen MR) is 70.9 cm³/mol. The summed E-state index contributed by atoms with van der Waals surface area (Å²) in [5.74, 6) is 1.68. The monoisotopic (exact) mass is 242 g/mol. The first-order chi connectivity index (χ1) is 7.69. The van der Waals surface area contributed by atoms with E-state index >= 15 is 0 Å². The Labute approximate surface area is 103 Å². The van der Waals surface area contributed by atoms with Crippen LogP contribution in [0.15, 0.2) is 6.20 Å². The molecule has 0 spiro atoms. The van der Waals surface area contributed by atoms with Gasteiger partial charge in [0.05, 0.1) is 0 Å². The maximum absolute atomic E-state index is 7.79. The minimum absolute atomic E-state index is 0.792. The Bertz CT molecular complexity index is 290. The van der Waals surface area contributed by atoms with Gasteiger partial charge in [-0.2, -0.15) is 0 Å². The second-order valence-corrected chi connectivity index (χ2v) is 4.25. The van der Waals surface area contributed by atoms with Crippen LogP contribution in [0.2, 0.25) is 0 Å². The van der Waals surface area contributed by atoms with Crippen molar-refractivity contribution < 1.29 is 4.55 Å². The molecule has 1 rings (SSSR count). The molecule has 16 heavy (non-hydrogen) atoms. The van der Waals surface area contributed by atoms with Gasteiger partial charge in [0.25, 0.3) is 0 Å². The zero-order chi connectivity index (χ0) is 12.4. The Hall–Kier alpha value is -0.610. The topological polar surface area (TPSA) is 46.0 Å². The fourth-order valence-corrected chi connectivity index (χ4v) is 1.29. The van der Waals surface area contributed by atoms with E-state index in [2.05, 4.69) is 23.8 Å². The zero-order valence-electron chi connectivity index (χ0n) is 10.7. The molecule has 0 radical (unpaired) electrons. The van der Waals surface area contributed by atoms with Gasteiger partial charge in [-0.3, -0.25) is 0 Å². The van der Waals surface area contributed by atoms with Crippen LogP contribution in [0, 0.1) is 6.92 Å². The van der Waals surface area contributed by atoms with Crippen LogP contribution < -0.4 is 0 Å². The number of aromatic nitrogens is 2. The third kappa shape index (κ3) is 6.08. The molecule has 92 valence electrons. The van der Waals surface area contributed by atoms with Crippen LogP contribution in [-0.2, 0) is 12.8 Å². The average molecular weight is 242 g/mol. The van der Waals surface area contributed by atoms with Gasteiger partial charge in [0.1, 0.15) is 5.82 Å². The summed E-state index contributed by atoms with van der Waals surface area (Å²) in [5, 5.41) is 0. The van der Waals surface area contributed by atoms with Gasteiger partial charge in [-0.15, -0.1) is 0 Å². The summed E-state index contributed by atoms with van der Waals surface area (Å²) in [5.41, 5.74) is 2.52. The first kappa shape index (κ1) is 15.4. The van der Waals surface area contributed by atoms with Gasteiger partial charge in [0.2, 0.25) is 0 Å². The Balaban J connectivity index is 0.000000487. The van der Waals surface area contributed by atoms with E-state index in [1.807, 2.05) is 20.0 Å². The van der Waals surface area contributed by atoms with Gasteiger partial charge < -0.3 is 4.55 Å². The van der Waals surface area contributed by atoms with Gasteiger partial charge in [-0.1, -0.05) is 27.2 Å². The van der Waals surface area contributed by atoms with Crippen LogP contribution in [0.5, 0.6) is 0 Å². The van der Waals surface area contributed by atoms with E-state index in [4.69, 9.17) is 4.55 Å². The van der Waals surface area contributed by atoms with E-state index in [-0.39, 0.29) is 0 Å². The summed E-state index contributed by atoms with van der Waals surface area (Å²) in [7, 11) is 0. The van der Waals surface area contributed by atoms with Crippen molar-refractivity contribution in [2.45, 2.75) is 47.0 Å². The first-order valence-electron chi connectivity index (χ1n) is 5.77. The lowest BCUT2D eigenvalue weighted by Crippen LogP contribution is -2.00. The van der Waals surface area contributed by atoms with Gasteiger partial charge in [-0.05, 0) is 37.4 Å². The summed E-state index contributed by atoms with van der Waals surface area (Å²) in [4.78, 5) is 8.60. The largest absolute Gasteiger partial charge is 0.330 e. The summed E-state index contributed by atoms with van der Waals surface area (Å²) < 4.78 is 7.79. The normalized spacial score (nSPS) is 9.56. The van der Waals surface area contributed by atoms with E-state index < -0.39 is 0 Å². The van der Waals surface area contributed by atoms with Crippen molar-refractivity contribution in [3.63, 3.8) is 0 Å². The maximum Gasteiger partial charge on any atom is 0.125 e. The van der Waals surface area contributed by atoms with Gasteiger partial charge in [0, 0.05) is 17.6 Å². The fraction of sp³-hybridized carbons (Fsp3) is 0.667. The molecule has 1 N–H and O–H groups in total. The SMILES string of the molecule is CCCc1nc(C)ncc1CC.CCSO. The molecule has 0 unspecified atom stereocenters. The van der Waals surface area contributed by atoms with Crippen molar-refractivity contribution in [3.05, 3.63) is 23.3 Å². The van der Waals surface area contributed by atoms with Crippen molar-refractivity contribution in [1.82, 2.24) is 9.97 Å². The number of aryl methyl sites for hydroxylation is 3. The standard InChI is InChI=1S/C10H16N2.C2H6OS/c1-4-6-10-9(5-2)7-11-8(3)12-10;1-2-4-3/h7H,4-6H2,1-3H3;3H,2H2,1H3. The van der Waals surface area contributed by atoms with Crippen molar-refractivity contribution >= 4 is 12.0 Å². The van der Waals surface area contributed by atoms with E-state index in [0.717, 1.165) is 42.9 Å². The molecule has 0 fully saturated rings. The van der Waals surface area contributed by atoms with Crippen molar-refractivity contribution in [2.24, 2.45) is 0 Å². The highest BCUT2D eigenvalue weighted by Crippen LogP contribution is 2.08. The number of hydrogen-bond acceptors (Lipinski definition) is 4. The summed E-state index contributed by atoms with van der Waals surface area (Å²) in [6, 6.07) is 0. The Morgan fingerprint density at radius 3 is 2.38 bits per heavy atom. The lowest BCUT2D eigenvalue weighted by atomic mass is 10.1. The molecule has 3 nitrogen and oxygen atoms in total. The quantitative estimate of drug-likeness (QED) is 0.821. The molecule has 0 saturated carbocycles. The first-order valence-corrected chi connectivity index (χ1v) is 6.71. The molecule has 0 bridgehead atoms. The highest BCUT2D eigenvalue weighted by molar-refractivity contribution is 7.93. The minimum atomic E-state index is 0.792. The molecule has 0 aliphatic heterocycles. The molecule has 4 heteroatoms. The minimum Gasteiger partial charge on any atom is -0.330 e. The molecule has 0 atom stereocenters. The third-order valence-corrected chi connectivity index (χ3v) is 2.33. The van der Waals surface area contributed by atoms with E-state index in [0.29, 0.717) is 0 Å². The van der Waals surface area contributed by atoms with Crippen LogP contribution >= 0.6 is 12.0 Å². The maximum atomic E-state index is 7.79. The number of nitrogens with zero attached hydrogens (tertiary/aromatic N) is 2. The van der Waals surface area contributed by atoms with Gasteiger partial charge in [0.15, 0.2) is 0 Å². The molecule has 0 amide bonds. The molecule has 0 saturated heterocycles. The second-order valence-electron chi connectivity index (χ2n) is 3.41. The van der Waals surface area contributed by atoms with E-state index in [1.165, 1.54) is 11.3 Å². The molecule has 0 aromatic carbocycles. The van der Waals surface area contributed by atoms with Crippen LogP contribution in [0.4, 0.5) is 0 Å². The van der Waals surface area contributed by atoms with Crippen LogP contribution in [0.25, 0.3) is 0 Å². The average Bonchev–Trinajstić information content (AvgIpc) is 2.30. The van der Waals surface area contributed by atoms with Crippen molar-refractivity contribution in [1.29, 1.82) is 0 Å². The Kier molecular flexibility index (Phi) is 9.24. The molecule has 1 aromatic rings. The summed E-state index contributed by atoms with van der Waals surface area (Å²) in [6.07, 6.45) is 5.22. The second kappa shape index (κ2) is 9.60. The summed E-state index contributed by atoms with van der Waals surface area (Å²) in [6.45, 7) is 8.16. The highest BCUT2D eigenvalue weighted by atomic mass is 32.2. The molecule has 1 heterocycles. The summed E-state index contributed by atoms with van der Waals surface area (Å²) >= 11 is 0.856. The third-order valence-electron chi connectivity index (χ3n) is 2.07. The Morgan fingerprint density at radius 2 is 1.94 bits per heavy atom. The smallest absolute Gasteiger partial charge is 0.125 e. The molecule has 0 aliphatic rings. The van der Waals surface area contributed by atoms with E-state index in [1.54, 1.807) is 0 Å². The van der Waals surface area contributed by atoms with Crippen molar-refractivity contribution in [3.8, 4) is 0 Å². The molecule has 1 aromatic heterocycles. The van der Waals surface area contributed by atoms with Crippen LogP contribution in [0.3, 0.4) is 0 Å². The van der Waals surface area contributed by atoms with Gasteiger partial charge in [-0.25, -0.2) is 9.97 Å². The van der Waals surface area contributed by atoms with Crippen molar-refractivity contribution in [2.75, 3.05) is 5.75 Å². The molecular formula is C12H22N2OS. The van der Waals surface area contributed by atoms with Crippen LogP contribution in [-0.4, -0.2) is 20.3 Å². The van der Waals surface area contributed by atoms with Gasteiger partial charge >= 0.3 is 0 Å².